The Labute approximate surface area is 140 Å². The minimum absolute atomic E-state index is 0.0279. The van der Waals surface area contributed by atoms with Crippen molar-refractivity contribution < 1.29 is 27.9 Å². The first kappa shape index (κ1) is 17.0. The third-order valence-corrected chi connectivity index (χ3v) is 4.08. The average molecular weight is 353 g/mol. The summed E-state index contributed by atoms with van der Waals surface area (Å²) < 4.78 is 37.9. The van der Waals surface area contributed by atoms with Gasteiger partial charge in [-0.3, -0.25) is 9.80 Å². The third-order valence-electron chi connectivity index (χ3n) is 4.08. The third kappa shape index (κ3) is 3.35. The molecule has 6 nitrogen and oxygen atoms in total. The van der Waals surface area contributed by atoms with Gasteiger partial charge in [0.25, 0.3) is 0 Å². The number of anilines is 1. The number of aliphatic imine (C=N–C) groups is 1. The minimum Gasteiger partial charge on any atom is -0.478 e. The molecule has 0 radical (unpaired) electrons. The van der Waals surface area contributed by atoms with E-state index in [4.69, 9.17) is 5.11 Å². The van der Waals surface area contributed by atoms with E-state index < -0.39 is 23.7 Å². The number of carbonyl (C=O) groups is 2. The number of amidine groups is 1. The first-order valence-electron chi connectivity index (χ1n) is 7.52. The van der Waals surface area contributed by atoms with Crippen LogP contribution in [0.25, 0.3) is 0 Å². The summed E-state index contributed by atoms with van der Waals surface area (Å²) in [5, 5.41) is 9.03. The molecule has 0 aromatic heterocycles. The Morgan fingerprint density at radius 2 is 1.88 bits per heavy atom. The van der Waals surface area contributed by atoms with Crippen molar-refractivity contribution in [2.45, 2.75) is 19.0 Å². The summed E-state index contributed by atoms with van der Waals surface area (Å²) in [7, 11) is 0. The van der Waals surface area contributed by atoms with Crippen LogP contribution >= 0.6 is 0 Å². The number of amides is 2. The van der Waals surface area contributed by atoms with E-state index in [0.717, 1.165) is 6.20 Å². The molecule has 2 amide bonds. The van der Waals surface area contributed by atoms with E-state index in [2.05, 4.69) is 4.99 Å². The van der Waals surface area contributed by atoms with Crippen molar-refractivity contribution in [1.82, 2.24) is 4.90 Å². The zero-order valence-corrected chi connectivity index (χ0v) is 13.0. The lowest BCUT2D eigenvalue weighted by Gasteiger charge is -2.23. The van der Waals surface area contributed by atoms with Gasteiger partial charge in [0.2, 0.25) is 0 Å². The van der Waals surface area contributed by atoms with E-state index in [0.29, 0.717) is 12.2 Å². The molecule has 1 aromatic rings. The van der Waals surface area contributed by atoms with E-state index in [1.165, 1.54) is 28.0 Å². The Hall–Kier alpha value is -2.84. The number of nitrogens with zero attached hydrogens (tertiary/aromatic N) is 3. The normalized spacial score (nSPS) is 18.3. The number of hydrogen-bond donors (Lipinski definition) is 1. The zero-order chi connectivity index (χ0) is 18.2. The smallest absolute Gasteiger partial charge is 0.414 e. The molecular weight excluding hydrogens is 339 g/mol. The first-order chi connectivity index (χ1) is 11.8. The van der Waals surface area contributed by atoms with Crippen LogP contribution in [-0.4, -0.2) is 47.1 Å². The Morgan fingerprint density at radius 3 is 2.48 bits per heavy atom. The second-order valence-electron chi connectivity index (χ2n) is 5.64. The fourth-order valence-corrected chi connectivity index (χ4v) is 2.77. The summed E-state index contributed by atoms with van der Waals surface area (Å²) in [5.74, 6) is -0.818. The molecular formula is C16H14F3N3O3. The van der Waals surface area contributed by atoms with Crippen LogP contribution in [0.1, 0.15) is 23.2 Å². The van der Waals surface area contributed by atoms with E-state index in [1.54, 1.807) is 6.07 Å². The van der Waals surface area contributed by atoms with Gasteiger partial charge in [-0.25, -0.2) is 14.6 Å². The van der Waals surface area contributed by atoms with Gasteiger partial charge in [0.15, 0.2) is 0 Å². The predicted octanol–water partition coefficient (Wildman–Crippen LogP) is 3.27. The number of benzene rings is 1. The van der Waals surface area contributed by atoms with E-state index in [-0.39, 0.29) is 30.8 Å². The molecule has 1 saturated heterocycles. The van der Waals surface area contributed by atoms with Gasteiger partial charge < -0.3 is 5.11 Å². The van der Waals surface area contributed by atoms with E-state index in [9.17, 15) is 22.8 Å². The Balaban J connectivity index is 1.79. The summed E-state index contributed by atoms with van der Waals surface area (Å²) in [5.41, 5.74) is -0.235. The standard InChI is InChI=1S/C16H14F3N3O3/c17-16(18,19)11-4-5-13(20-9-11)22-7-6-21(15(22)25)12-3-1-2-10(8-12)14(23)24/h1-3,8-9H,4-7H2,(H,23,24). The molecule has 132 valence electrons. The maximum atomic E-state index is 12.6. The fourth-order valence-electron chi connectivity index (χ4n) is 2.77. The molecule has 3 rings (SSSR count). The van der Waals surface area contributed by atoms with Crippen LogP contribution in [0.3, 0.4) is 0 Å². The molecule has 0 bridgehead atoms. The van der Waals surface area contributed by atoms with Crippen molar-refractivity contribution in [2.75, 3.05) is 18.0 Å². The topological polar surface area (TPSA) is 73.2 Å². The monoisotopic (exact) mass is 353 g/mol. The van der Waals surface area contributed by atoms with Gasteiger partial charge >= 0.3 is 18.2 Å². The molecule has 2 heterocycles. The van der Waals surface area contributed by atoms with Crippen LogP contribution in [0, 0.1) is 0 Å². The predicted molar refractivity (Wildman–Crippen MR) is 83.7 cm³/mol. The van der Waals surface area contributed by atoms with Gasteiger partial charge in [-0.15, -0.1) is 0 Å². The summed E-state index contributed by atoms with van der Waals surface area (Å²) in [6.45, 7) is 0.584. The molecule has 1 N–H and O–H groups in total. The van der Waals surface area contributed by atoms with Gasteiger partial charge in [-0.2, -0.15) is 13.2 Å². The summed E-state index contributed by atoms with van der Waals surface area (Å²) in [4.78, 5) is 30.1. The Bertz CT molecular complexity index is 786. The van der Waals surface area contributed by atoms with Crippen LogP contribution in [0.2, 0.25) is 0 Å². The highest BCUT2D eigenvalue weighted by molar-refractivity contribution is 6.07. The van der Waals surface area contributed by atoms with Crippen molar-refractivity contribution in [3.63, 3.8) is 0 Å². The molecule has 0 aliphatic carbocycles. The molecule has 0 unspecified atom stereocenters. The first-order valence-corrected chi connectivity index (χ1v) is 7.52. The number of allylic oxidation sites excluding steroid dienone is 1. The van der Waals surface area contributed by atoms with E-state index >= 15 is 0 Å². The lowest BCUT2D eigenvalue weighted by atomic mass is 10.1. The van der Waals surface area contributed by atoms with Gasteiger partial charge in [-0.1, -0.05) is 6.07 Å². The zero-order valence-electron chi connectivity index (χ0n) is 13.0. The highest BCUT2D eigenvalue weighted by atomic mass is 19.4. The lowest BCUT2D eigenvalue weighted by molar-refractivity contribution is -0.0942. The SMILES string of the molecule is O=C(O)c1cccc(N2CCN(C3=NC=C(C(F)(F)F)CC3)C2=O)c1. The number of alkyl halides is 3. The largest absolute Gasteiger partial charge is 0.478 e. The number of urea groups is 1. The van der Waals surface area contributed by atoms with Crippen molar-refractivity contribution in [1.29, 1.82) is 0 Å². The average Bonchev–Trinajstić information content (AvgIpc) is 2.96. The summed E-state index contributed by atoms with van der Waals surface area (Å²) >= 11 is 0. The quantitative estimate of drug-likeness (QED) is 0.887. The maximum Gasteiger partial charge on any atom is 0.414 e. The number of carbonyl (C=O) groups excluding carboxylic acids is 1. The number of rotatable bonds is 2. The van der Waals surface area contributed by atoms with Crippen molar-refractivity contribution >= 4 is 23.5 Å². The van der Waals surface area contributed by atoms with Crippen LogP contribution in [0.4, 0.5) is 23.7 Å². The van der Waals surface area contributed by atoms with Crippen molar-refractivity contribution in [2.24, 2.45) is 4.99 Å². The van der Waals surface area contributed by atoms with Crippen LogP contribution in [0.15, 0.2) is 41.0 Å². The number of carboxylic acids is 1. The van der Waals surface area contributed by atoms with Crippen LogP contribution in [0.5, 0.6) is 0 Å². The molecule has 0 spiro atoms. The van der Waals surface area contributed by atoms with Crippen LogP contribution in [-0.2, 0) is 0 Å². The van der Waals surface area contributed by atoms with Crippen LogP contribution < -0.4 is 4.90 Å². The molecule has 25 heavy (non-hydrogen) atoms. The molecule has 2 aliphatic heterocycles. The molecule has 0 atom stereocenters. The van der Waals surface area contributed by atoms with Gasteiger partial charge in [0.1, 0.15) is 5.84 Å². The summed E-state index contributed by atoms with van der Waals surface area (Å²) in [6.07, 6.45) is -3.84. The highest BCUT2D eigenvalue weighted by Gasteiger charge is 2.38. The van der Waals surface area contributed by atoms with Crippen molar-refractivity contribution in [3.8, 4) is 0 Å². The molecule has 1 fully saturated rings. The Kier molecular flexibility index (Phi) is 4.23. The molecule has 9 heteroatoms. The van der Waals surface area contributed by atoms with Gasteiger partial charge in [0, 0.05) is 31.4 Å². The Morgan fingerprint density at radius 1 is 1.16 bits per heavy atom. The fraction of sp³-hybridized carbons (Fsp3) is 0.312. The lowest BCUT2D eigenvalue weighted by Crippen LogP contribution is -2.37. The second-order valence-corrected chi connectivity index (χ2v) is 5.64. The highest BCUT2D eigenvalue weighted by Crippen LogP contribution is 2.32. The van der Waals surface area contributed by atoms with Crippen molar-refractivity contribution in [3.05, 3.63) is 41.6 Å². The number of hydrogen-bond acceptors (Lipinski definition) is 3. The summed E-state index contributed by atoms with van der Waals surface area (Å²) in [6, 6.07) is 5.51. The molecule has 1 aromatic carbocycles. The van der Waals surface area contributed by atoms with Gasteiger partial charge in [0.05, 0.1) is 11.1 Å². The van der Waals surface area contributed by atoms with E-state index in [1.807, 2.05) is 0 Å². The number of halogens is 3. The second kappa shape index (κ2) is 6.23. The maximum absolute atomic E-state index is 12.6. The molecule has 0 saturated carbocycles. The van der Waals surface area contributed by atoms with Gasteiger partial charge in [-0.05, 0) is 24.6 Å². The molecule has 2 aliphatic rings. The number of carboxylic acid groups (broad SMARTS) is 1. The minimum atomic E-state index is -4.41. The number of aromatic carboxylic acids is 1.